The van der Waals surface area contributed by atoms with Crippen LogP contribution in [0.5, 0.6) is 0 Å². The molecule has 152 valence electrons. The number of likely N-dealkylation sites (tertiary alicyclic amines) is 1. The molecule has 2 aromatic rings. The van der Waals surface area contributed by atoms with Gasteiger partial charge in [-0.2, -0.15) is 5.10 Å². The molecule has 9 heteroatoms. The molecule has 1 aliphatic carbocycles. The zero-order chi connectivity index (χ0) is 19.7. The van der Waals surface area contributed by atoms with Crippen molar-refractivity contribution in [2.24, 2.45) is 7.05 Å². The van der Waals surface area contributed by atoms with E-state index in [1.807, 2.05) is 30.0 Å². The van der Waals surface area contributed by atoms with Crippen molar-refractivity contribution in [3.8, 4) is 0 Å². The summed E-state index contributed by atoms with van der Waals surface area (Å²) in [7, 11) is 3.95. The fraction of sp³-hybridized carbons (Fsp3) is 0.684. The number of amides is 1. The number of carbonyl (C=O) groups excluding carboxylic acids is 1. The van der Waals surface area contributed by atoms with Gasteiger partial charge in [0.1, 0.15) is 17.3 Å². The fourth-order valence-electron chi connectivity index (χ4n) is 3.91. The molecule has 4 rings (SSSR count). The number of nitrogens with zero attached hydrogens (tertiary/aromatic N) is 6. The van der Waals surface area contributed by atoms with Gasteiger partial charge in [-0.05, 0) is 38.8 Å². The van der Waals surface area contributed by atoms with Crippen LogP contribution in [0.3, 0.4) is 0 Å². The van der Waals surface area contributed by atoms with Gasteiger partial charge in [-0.1, -0.05) is 0 Å². The van der Waals surface area contributed by atoms with Crippen molar-refractivity contribution in [1.82, 2.24) is 34.8 Å². The van der Waals surface area contributed by atoms with Crippen molar-refractivity contribution >= 4 is 5.91 Å². The van der Waals surface area contributed by atoms with Crippen LogP contribution >= 0.6 is 0 Å². The molecule has 1 aliphatic heterocycles. The Labute approximate surface area is 164 Å². The molecule has 2 aromatic heterocycles. The third kappa shape index (κ3) is 3.95. The first-order valence-electron chi connectivity index (χ1n) is 10.1. The Morgan fingerprint density at radius 1 is 1.25 bits per heavy atom. The van der Waals surface area contributed by atoms with E-state index < -0.39 is 0 Å². The van der Waals surface area contributed by atoms with Crippen molar-refractivity contribution in [1.29, 1.82) is 0 Å². The van der Waals surface area contributed by atoms with Gasteiger partial charge in [-0.3, -0.25) is 14.8 Å². The maximum atomic E-state index is 12.7. The molecule has 0 bridgehead atoms. The van der Waals surface area contributed by atoms with E-state index in [0.717, 1.165) is 30.2 Å². The zero-order valence-corrected chi connectivity index (χ0v) is 16.6. The number of aromatic amines is 1. The summed E-state index contributed by atoms with van der Waals surface area (Å²) >= 11 is 0. The molecule has 0 spiro atoms. The number of nitrogens with one attached hydrogen (secondary N) is 1. The number of aromatic nitrogens is 5. The summed E-state index contributed by atoms with van der Waals surface area (Å²) in [5.74, 6) is 2.77. The third-order valence-electron chi connectivity index (χ3n) is 5.87. The number of H-pyrrole nitrogens is 1. The molecule has 1 saturated heterocycles. The predicted molar refractivity (Wildman–Crippen MR) is 103 cm³/mol. The highest BCUT2D eigenvalue weighted by molar-refractivity contribution is 5.92. The average molecular weight is 387 g/mol. The number of piperidine rings is 1. The molecule has 2 fully saturated rings. The van der Waals surface area contributed by atoms with E-state index in [1.165, 1.54) is 12.8 Å². The summed E-state index contributed by atoms with van der Waals surface area (Å²) in [6.45, 7) is 2.82. The molecule has 0 atom stereocenters. The van der Waals surface area contributed by atoms with Crippen LogP contribution in [0.2, 0.25) is 0 Å². The topological polar surface area (TPSA) is 103 Å². The summed E-state index contributed by atoms with van der Waals surface area (Å²) in [5.41, 5.74) is 1.63. The van der Waals surface area contributed by atoms with Crippen molar-refractivity contribution in [2.45, 2.75) is 44.1 Å². The van der Waals surface area contributed by atoms with E-state index in [1.54, 1.807) is 0 Å². The maximum Gasteiger partial charge on any atom is 0.274 e. The van der Waals surface area contributed by atoms with Gasteiger partial charge in [0.05, 0.1) is 13.2 Å². The van der Waals surface area contributed by atoms with Gasteiger partial charge >= 0.3 is 0 Å². The molecular weight excluding hydrogens is 358 g/mol. The lowest BCUT2D eigenvalue weighted by Crippen LogP contribution is -2.38. The molecule has 0 unspecified atom stereocenters. The quantitative estimate of drug-likeness (QED) is 0.730. The van der Waals surface area contributed by atoms with Gasteiger partial charge < -0.3 is 14.6 Å². The van der Waals surface area contributed by atoms with Gasteiger partial charge in [-0.15, -0.1) is 10.2 Å². The van der Waals surface area contributed by atoms with Gasteiger partial charge in [0, 0.05) is 44.2 Å². The number of rotatable bonds is 7. The summed E-state index contributed by atoms with van der Waals surface area (Å²) < 4.78 is 2.06. The van der Waals surface area contributed by atoms with E-state index >= 15 is 0 Å². The Balaban J connectivity index is 1.34. The minimum absolute atomic E-state index is 0.0193. The van der Waals surface area contributed by atoms with E-state index in [9.17, 15) is 4.79 Å². The molecule has 28 heavy (non-hydrogen) atoms. The summed E-state index contributed by atoms with van der Waals surface area (Å²) in [5, 5.41) is 25.0. The zero-order valence-electron chi connectivity index (χ0n) is 16.6. The monoisotopic (exact) mass is 387 g/mol. The molecule has 3 heterocycles. The lowest BCUT2D eigenvalue weighted by Gasteiger charge is -2.31. The largest absolute Gasteiger partial charge is 0.395 e. The number of likely N-dealkylation sites (N-methyl/N-ethyl adjacent to an activating group) is 1. The van der Waals surface area contributed by atoms with Crippen LogP contribution in [-0.4, -0.2) is 79.1 Å². The van der Waals surface area contributed by atoms with Crippen LogP contribution in [0.1, 0.15) is 65.4 Å². The minimum atomic E-state index is 0.0193. The van der Waals surface area contributed by atoms with Crippen LogP contribution < -0.4 is 0 Å². The van der Waals surface area contributed by atoms with Gasteiger partial charge in [0.25, 0.3) is 5.91 Å². The highest BCUT2D eigenvalue weighted by Crippen LogP contribution is 2.39. The number of aliphatic hydroxyl groups excluding tert-OH is 1. The number of hydrogen-bond acceptors (Lipinski definition) is 6. The van der Waals surface area contributed by atoms with Crippen LogP contribution in [-0.2, 0) is 13.6 Å². The molecule has 0 aromatic carbocycles. The highest BCUT2D eigenvalue weighted by atomic mass is 16.3. The lowest BCUT2D eigenvalue weighted by molar-refractivity contribution is 0.0704. The Morgan fingerprint density at radius 2 is 2.00 bits per heavy atom. The van der Waals surface area contributed by atoms with Crippen LogP contribution in [0.4, 0.5) is 0 Å². The SMILES string of the molecule is CN(CCO)Cc1nnc(C2CCN(C(=O)c3cc(C4CC4)[nH]n3)CC2)n1C. The highest BCUT2D eigenvalue weighted by Gasteiger charge is 2.30. The smallest absolute Gasteiger partial charge is 0.274 e. The second-order valence-electron chi connectivity index (χ2n) is 8.04. The summed E-state index contributed by atoms with van der Waals surface area (Å²) in [6, 6.07) is 1.92. The van der Waals surface area contributed by atoms with Gasteiger partial charge in [0.15, 0.2) is 0 Å². The number of carbonyl (C=O) groups is 1. The first kappa shape index (κ1) is 19.1. The summed E-state index contributed by atoms with van der Waals surface area (Å²) in [4.78, 5) is 16.7. The maximum absolute atomic E-state index is 12.7. The summed E-state index contributed by atoms with van der Waals surface area (Å²) in [6.07, 6.45) is 4.14. The molecule has 9 nitrogen and oxygen atoms in total. The molecule has 2 N–H and O–H groups in total. The second kappa shape index (κ2) is 8.00. The minimum Gasteiger partial charge on any atom is -0.395 e. The molecule has 1 amide bonds. The Kier molecular flexibility index (Phi) is 5.45. The van der Waals surface area contributed by atoms with E-state index in [4.69, 9.17) is 5.11 Å². The van der Waals surface area contributed by atoms with Crippen molar-refractivity contribution < 1.29 is 9.90 Å². The van der Waals surface area contributed by atoms with E-state index in [2.05, 4.69) is 25.0 Å². The lowest BCUT2D eigenvalue weighted by atomic mass is 9.95. The Morgan fingerprint density at radius 3 is 2.68 bits per heavy atom. The van der Waals surface area contributed by atoms with Crippen LogP contribution in [0, 0.1) is 0 Å². The molecule has 1 saturated carbocycles. The Hall–Kier alpha value is -2.26. The van der Waals surface area contributed by atoms with Crippen LogP contribution in [0.15, 0.2) is 6.07 Å². The first-order chi connectivity index (χ1) is 13.6. The first-order valence-corrected chi connectivity index (χ1v) is 10.1. The van der Waals surface area contributed by atoms with Gasteiger partial charge in [0.2, 0.25) is 0 Å². The standard InChI is InChI=1S/C19H29N7O2/c1-24(9-10-27)12-17-22-23-18(25(17)2)14-5-7-26(8-6-14)19(28)16-11-15(20-21-16)13-3-4-13/h11,13-14,27H,3-10,12H2,1-2H3,(H,20,21). The number of hydrogen-bond donors (Lipinski definition) is 2. The Bertz CT molecular complexity index is 818. The molecular formula is C19H29N7O2. The van der Waals surface area contributed by atoms with E-state index in [0.29, 0.717) is 43.7 Å². The normalized spacial score (nSPS) is 18.2. The van der Waals surface area contributed by atoms with Crippen molar-refractivity contribution in [2.75, 3.05) is 33.3 Å². The molecule has 2 aliphatic rings. The van der Waals surface area contributed by atoms with Crippen molar-refractivity contribution in [3.63, 3.8) is 0 Å². The van der Waals surface area contributed by atoms with Crippen LogP contribution in [0.25, 0.3) is 0 Å². The van der Waals surface area contributed by atoms with Crippen molar-refractivity contribution in [3.05, 3.63) is 29.1 Å². The second-order valence-corrected chi connectivity index (χ2v) is 8.04. The fourth-order valence-corrected chi connectivity index (χ4v) is 3.91. The average Bonchev–Trinajstić information content (AvgIpc) is 3.32. The van der Waals surface area contributed by atoms with E-state index in [-0.39, 0.29) is 12.5 Å². The molecule has 0 radical (unpaired) electrons. The third-order valence-corrected chi connectivity index (χ3v) is 5.87. The predicted octanol–water partition coefficient (Wildman–Crippen LogP) is 0.859. The number of aliphatic hydroxyl groups is 1. The van der Waals surface area contributed by atoms with Gasteiger partial charge in [-0.25, -0.2) is 0 Å².